The van der Waals surface area contributed by atoms with E-state index in [1.165, 1.54) is 0 Å². The zero-order chi connectivity index (χ0) is 12.0. The van der Waals surface area contributed by atoms with Gasteiger partial charge in [-0.2, -0.15) is 17.0 Å². The summed E-state index contributed by atoms with van der Waals surface area (Å²) >= 11 is 0. The summed E-state index contributed by atoms with van der Waals surface area (Å²) in [5, 5.41) is 9.81. The molecule has 1 N–H and O–H groups in total. The largest absolute Gasteiger partial charge is 0.393 e. The van der Waals surface area contributed by atoms with Gasteiger partial charge in [-0.1, -0.05) is 0 Å². The quantitative estimate of drug-likeness (QED) is 0.762. The smallest absolute Gasteiger partial charge is 0.281 e. The maximum absolute atomic E-state index is 12.3. The second kappa shape index (κ2) is 4.19. The van der Waals surface area contributed by atoms with E-state index in [-0.39, 0.29) is 12.0 Å². The van der Waals surface area contributed by atoms with Crippen LogP contribution in [0.3, 0.4) is 0 Å². The fourth-order valence-corrected chi connectivity index (χ4v) is 5.25. The first-order valence-electron chi connectivity index (χ1n) is 6.52. The minimum Gasteiger partial charge on any atom is -0.393 e. The molecule has 2 aliphatic heterocycles. The summed E-state index contributed by atoms with van der Waals surface area (Å²) in [6, 6.07) is 0. The van der Waals surface area contributed by atoms with E-state index in [0.717, 1.165) is 25.7 Å². The zero-order valence-electron chi connectivity index (χ0n) is 9.96. The van der Waals surface area contributed by atoms with Crippen LogP contribution in [0.5, 0.6) is 0 Å². The first-order valence-corrected chi connectivity index (χ1v) is 7.92. The van der Waals surface area contributed by atoms with E-state index in [4.69, 9.17) is 0 Å². The van der Waals surface area contributed by atoms with Crippen molar-refractivity contribution in [3.8, 4) is 0 Å². The summed E-state index contributed by atoms with van der Waals surface area (Å²) in [5.74, 6) is 0.551. The third-order valence-corrected chi connectivity index (χ3v) is 6.47. The molecule has 1 saturated carbocycles. The average Bonchev–Trinajstić information content (AvgIpc) is 2.96. The number of fused-ring (bicyclic) bond motifs is 1. The molecule has 3 unspecified atom stereocenters. The summed E-state index contributed by atoms with van der Waals surface area (Å²) in [4.78, 5) is 0. The van der Waals surface area contributed by atoms with E-state index in [2.05, 4.69) is 0 Å². The maximum atomic E-state index is 12.3. The van der Waals surface area contributed by atoms with Crippen molar-refractivity contribution in [3.05, 3.63) is 0 Å². The number of rotatable bonds is 2. The third-order valence-electron chi connectivity index (χ3n) is 4.50. The third kappa shape index (κ3) is 1.91. The van der Waals surface area contributed by atoms with E-state index in [1.54, 1.807) is 8.61 Å². The second-order valence-corrected chi connectivity index (χ2v) is 7.43. The number of hydrogen-bond acceptors (Lipinski definition) is 3. The SMILES string of the molecule is O=S(=O)(N1CCCC1)N1CC2CCC(O)C2C1. The van der Waals surface area contributed by atoms with Gasteiger partial charge in [-0.15, -0.1) is 0 Å². The van der Waals surface area contributed by atoms with Crippen molar-refractivity contribution in [3.63, 3.8) is 0 Å². The van der Waals surface area contributed by atoms with Crippen molar-refractivity contribution < 1.29 is 13.5 Å². The van der Waals surface area contributed by atoms with Gasteiger partial charge in [0, 0.05) is 32.1 Å². The van der Waals surface area contributed by atoms with Crippen LogP contribution in [0.15, 0.2) is 0 Å². The highest BCUT2D eigenvalue weighted by molar-refractivity contribution is 7.86. The summed E-state index contributed by atoms with van der Waals surface area (Å²) in [6.07, 6.45) is 3.47. The standard InChI is InChI=1S/C11H20N2O3S/c14-11-4-3-9-7-13(8-10(9)11)17(15,16)12-5-1-2-6-12/h9-11,14H,1-8H2. The summed E-state index contributed by atoms with van der Waals surface area (Å²) in [6.45, 7) is 2.46. The van der Waals surface area contributed by atoms with Crippen molar-refractivity contribution >= 4 is 10.2 Å². The lowest BCUT2D eigenvalue weighted by molar-refractivity contribution is 0.129. The van der Waals surface area contributed by atoms with Crippen molar-refractivity contribution in [1.29, 1.82) is 0 Å². The molecule has 6 heteroatoms. The Kier molecular flexibility index (Phi) is 2.93. The van der Waals surface area contributed by atoms with Crippen molar-refractivity contribution in [2.45, 2.75) is 31.8 Å². The molecule has 0 aromatic heterocycles. The molecular formula is C11H20N2O3S. The molecule has 2 saturated heterocycles. The van der Waals surface area contributed by atoms with Crippen LogP contribution in [0, 0.1) is 11.8 Å². The maximum Gasteiger partial charge on any atom is 0.281 e. The van der Waals surface area contributed by atoms with Crippen LogP contribution in [0.25, 0.3) is 0 Å². The summed E-state index contributed by atoms with van der Waals surface area (Å²) < 4.78 is 27.9. The van der Waals surface area contributed by atoms with Crippen LogP contribution in [0.2, 0.25) is 0 Å². The molecule has 0 aromatic carbocycles. The number of hydrogen-bond donors (Lipinski definition) is 1. The zero-order valence-corrected chi connectivity index (χ0v) is 10.8. The second-order valence-electron chi connectivity index (χ2n) is 5.50. The van der Waals surface area contributed by atoms with Gasteiger partial charge in [0.15, 0.2) is 0 Å². The van der Waals surface area contributed by atoms with Gasteiger partial charge in [0.2, 0.25) is 0 Å². The van der Waals surface area contributed by atoms with Gasteiger partial charge in [0.25, 0.3) is 10.2 Å². The lowest BCUT2D eigenvalue weighted by Gasteiger charge is -2.24. The predicted octanol–water partition coefficient (Wildman–Crippen LogP) is 0.0297. The van der Waals surface area contributed by atoms with Gasteiger partial charge < -0.3 is 5.11 Å². The van der Waals surface area contributed by atoms with E-state index >= 15 is 0 Å². The van der Waals surface area contributed by atoms with E-state index in [1.807, 2.05) is 0 Å². The van der Waals surface area contributed by atoms with Crippen LogP contribution >= 0.6 is 0 Å². The van der Waals surface area contributed by atoms with Crippen LogP contribution in [-0.4, -0.2) is 54.4 Å². The number of nitrogens with zero attached hydrogens (tertiary/aromatic N) is 2. The minimum atomic E-state index is -3.25. The van der Waals surface area contributed by atoms with Crippen molar-refractivity contribution in [1.82, 2.24) is 8.61 Å². The molecule has 0 aromatic rings. The normalized spacial score (nSPS) is 39.9. The molecule has 0 amide bonds. The Morgan fingerprint density at radius 3 is 2.35 bits per heavy atom. The summed E-state index contributed by atoms with van der Waals surface area (Å²) in [7, 11) is -3.25. The molecule has 17 heavy (non-hydrogen) atoms. The van der Waals surface area contributed by atoms with E-state index < -0.39 is 10.2 Å². The molecule has 2 heterocycles. The Morgan fingerprint density at radius 2 is 1.71 bits per heavy atom. The average molecular weight is 260 g/mol. The first-order chi connectivity index (χ1) is 8.09. The lowest BCUT2D eigenvalue weighted by atomic mass is 10.00. The predicted molar refractivity (Wildman–Crippen MR) is 63.5 cm³/mol. The van der Waals surface area contributed by atoms with Crippen LogP contribution in [0.1, 0.15) is 25.7 Å². The molecule has 1 aliphatic carbocycles. The Balaban J connectivity index is 1.74. The van der Waals surface area contributed by atoms with Gasteiger partial charge in [-0.25, -0.2) is 0 Å². The summed E-state index contributed by atoms with van der Waals surface area (Å²) in [5.41, 5.74) is 0. The topological polar surface area (TPSA) is 60.9 Å². The van der Waals surface area contributed by atoms with E-state index in [9.17, 15) is 13.5 Å². The molecule has 0 radical (unpaired) electrons. The Labute approximate surface area is 103 Å². The number of aliphatic hydroxyl groups excluding tert-OH is 1. The van der Waals surface area contributed by atoms with Gasteiger partial charge >= 0.3 is 0 Å². The fraction of sp³-hybridized carbons (Fsp3) is 1.00. The Hall–Kier alpha value is -0.170. The highest BCUT2D eigenvalue weighted by atomic mass is 32.2. The molecule has 0 bridgehead atoms. The molecule has 3 rings (SSSR count). The molecule has 0 spiro atoms. The molecular weight excluding hydrogens is 240 g/mol. The van der Waals surface area contributed by atoms with Crippen molar-refractivity contribution in [2.24, 2.45) is 11.8 Å². The van der Waals surface area contributed by atoms with Gasteiger partial charge in [0.1, 0.15) is 0 Å². The highest BCUT2D eigenvalue weighted by Crippen LogP contribution is 2.39. The van der Waals surface area contributed by atoms with Gasteiger partial charge in [0.05, 0.1) is 6.10 Å². The van der Waals surface area contributed by atoms with Crippen LogP contribution in [-0.2, 0) is 10.2 Å². The molecule has 98 valence electrons. The van der Waals surface area contributed by atoms with Gasteiger partial charge in [-0.05, 0) is 31.6 Å². The van der Waals surface area contributed by atoms with Crippen molar-refractivity contribution in [2.75, 3.05) is 26.2 Å². The van der Waals surface area contributed by atoms with Gasteiger partial charge in [-0.3, -0.25) is 0 Å². The van der Waals surface area contributed by atoms with E-state index in [0.29, 0.717) is 32.1 Å². The monoisotopic (exact) mass is 260 g/mol. The molecule has 3 aliphatic rings. The van der Waals surface area contributed by atoms with Crippen LogP contribution < -0.4 is 0 Å². The highest BCUT2D eigenvalue weighted by Gasteiger charge is 2.46. The Bertz CT molecular complexity index is 392. The first kappa shape index (κ1) is 11.9. The number of aliphatic hydroxyl groups is 1. The van der Waals surface area contributed by atoms with Crippen LogP contribution in [0.4, 0.5) is 0 Å². The minimum absolute atomic E-state index is 0.173. The molecule has 5 nitrogen and oxygen atoms in total. The Morgan fingerprint density at radius 1 is 1.00 bits per heavy atom. The fourth-order valence-electron chi connectivity index (χ4n) is 3.47. The molecule has 3 fully saturated rings. The molecule has 3 atom stereocenters. The lowest BCUT2D eigenvalue weighted by Crippen LogP contribution is -2.42.